The van der Waals surface area contributed by atoms with E-state index in [0.29, 0.717) is 16.7 Å². The van der Waals surface area contributed by atoms with Gasteiger partial charge in [-0.25, -0.2) is 4.57 Å². The Hall–Kier alpha value is 0.327. The van der Waals surface area contributed by atoms with Gasteiger partial charge >= 0.3 is 7.82 Å². The molecule has 6 heteroatoms. The molecule has 0 radical (unpaired) electrons. The van der Waals surface area contributed by atoms with E-state index in [0.717, 1.165) is 0 Å². The van der Waals surface area contributed by atoms with Gasteiger partial charge in [0.05, 0.1) is 0 Å². The molecule has 9 heavy (non-hydrogen) atoms. The highest BCUT2D eigenvalue weighted by Crippen LogP contribution is 2.37. The normalized spacial score (nSPS) is 15.9. The van der Waals surface area contributed by atoms with Gasteiger partial charge in [0.1, 0.15) is 0 Å². The number of hydrogen-bond acceptors (Lipinski definition) is 2. The van der Waals surface area contributed by atoms with E-state index in [1.54, 1.807) is 0 Å². The van der Waals surface area contributed by atoms with Gasteiger partial charge in [-0.2, -0.15) is 0 Å². The Morgan fingerprint density at radius 1 is 1.78 bits per heavy atom. The summed E-state index contributed by atoms with van der Waals surface area (Å²) in [6, 6.07) is 0. The van der Waals surface area contributed by atoms with Crippen LogP contribution in [0.5, 0.6) is 0 Å². The van der Waals surface area contributed by atoms with Gasteiger partial charge in [-0.05, 0) is 6.42 Å². The lowest BCUT2D eigenvalue weighted by molar-refractivity contribution is 0.176. The summed E-state index contributed by atoms with van der Waals surface area (Å²) < 4.78 is 14.4. The Labute approximate surface area is 56.9 Å². The van der Waals surface area contributed by atoms with Crippen LogP contribution in [0.1, 0.15) is 13.3 Å². The van der Waals surface area contributed by atoms with Crippen molar-refractivity contribution in [1.29, 1.82) is 0 Å². The van der Waals surface area contributed by atoms with Crippen molar-refractivity contribution >= 4 is 18.1 Å². The van der Waals surface area contributed by atoms with Gasteiger partial charge in [0.2, 0.25) is 0 Å². The molecule has 0 bridgehead atoms. The lowest BCUT2D eigenvalue weighted by Gasteiger charge is -2.09. The molecule has 0 aromatic rings. The molecule has 0 saturated heterocycles. The van der Waals surface area contributed by atoms with Crippen molar-refractivity contribution in [2.75, 3.05) is 0 Å². The highest BCUT2D eigenvalue weighted by atomic mass is 31.2. The molecule has 0 fully saturated rings. The monoisotopic (exact) mass is 170 g/mol. The van der Waals surface area contributed by atoms with E-state index in [1.165, 1.54) is 0 Å². The molecule has 0 saturated carbocycles. The van der Waals surface area contributed by atoms with Crippen molar-refractivity contribution < 1.29 is 18.9 Å². The first kappa shape index (κ1) is 9.33. The van der Waals surface area contributed by atoms with Crippen molar-refractivity contribution in [1.82, 2.24) is 0 Å². The molecule has 56 valence electrons. The van der Waals surface area contributed by atoms with Crippen LogP contribution in [-0.2, 0) is 9.09 Å². The molecular formula is C3H11O4PSi. The molecule has 4 nitrogen and oxygen atoms in total. The van der Waals surface area contributed by atoms with Crippen LogP contribution in [0.15, 0.2) is 0 Å². The van der Waals surface area contributed by atoms with Crippen molar-refractivity contribution in [3.8, 4) is 0 Å². The van der Waals surface area contributed by atoms with Crippen LogP contribution in [0.4, 0.5) is 0 Å². The predicted octanol–water partition coefficient (Wildman–Crippen LogP) is -0.803. The minimum atomic E-state index is -4.20. The van der Waals surface area contributed by atoms with Crippen LogP contribution in [0.2, 0.25) is 0 Å². The molecule has 0 aliphatic carbocycles. The van der Waals surface area contributed by atoms with Gasteiger partial charge in [0, 0.05) is 16.0 Å². The summed E-state index contributed by atoms with van der Waals surface area (Å²) in [6.07, 6.45) is 0.664. The van der Waals surface area contributed by atoms with Gasteiger partial charge in [-0.15, -0.1) is 0 Å². The Bertz CT molecular complexity index is 121. The van der Waals surface area contributed by atoms with E-state index in [-0.39, 0.29) is 5.73 Å². The van der Waals surface area contributed by atoms with E-state index in [9.17, 15) is 4.57 Å². The molecule has 0 aliphatic heterocycles. The quantitative estimate of drug-likeness (QED) is 0.429. The molecular weight excluding hydrogens is 159 g/mol. The molecule has 0 amide bonds. The number of phosphoric ester groups is 1. The fourth-order valence-corrected chi connectivity index (χ4v) is 1.75. The Kier molecular flexibility index (Phi) is 3.61. The molecule has 1 atom stereocenters. The summed E-state index contributed by atoms with van der Waals surface area (Å²) in [5.41, 5.74) is -0.231. The Balaban J connectivity index is 3.60. The standard InChI is InChI=1S/C3H11O4PSi/c1-2-3(9)7-8(4,5)6/h3H,2H2,1,9H3,(H2,4,5,6). The maximum Gasteiger partial charge on any atom is 0.469 e. The molecule has 0 aliphatic rings. The van der Waals surface area contributed by atoms with Gasteiger partial charge in [-0.3, -0.25) is 4.52 Å². The predicted molar refractivity (Wildman–Crippen MR) is 37.1 cm³/mol. The smallest absolute Gasteiger partial charge is 0.303 e. The average molecular weight is 170 g/mol. The lowest BCUT2D eigenvalue weighted by Crippen LogP contribution is -2.08. The molecule has 0 heterocycles. The topological polar surface area (TPSA) is 66.8 Å². The second-order valence-corrected chi connectivity index (χ2v) is 4.29. The SMILES string of the molecule is CCC([SiH3])OP(=O)(O)O. The molecule has 2 N–H and O–H groups in total. The van der Waals surface area contributed by atoms with Gasteiger partial charge in [0.15, 0.2) is 0 Å². The largest absolute Gasteiger partial charge is 0.469 e. The third-order valence-corrected chi connectivity index (χ3v) is 2.98. The molecule has 1 unspecified atom stereocenters. The van der Waals surface area contributed by atoms with Crippen LogP contribution < -0.4 is 0 Å². The fraction of sp³-hybridized carbons (Fsp3) is 1.00. The zero-order valence-electron chi connectivity index (χ0n) is 5.44. The first-order chi connectivity index (χ1) is 3.95. The summed E-state index contributed by atoms with van der Waals surface area (Å²) >= 11 is 0. The summed E-state index contributed by atoms with van der Waals surface area (Å²) in [4.78, 5) is 16.5. The minimum absolute atomic E-state index is 0.231. The van der Waals surface area contributed by atoms with Crippen LogP contribution in [0.25, 0.3) is 0 Å². The van der Waals surface area contributed by atoms with Gasteiger partial charge < -0.3 is 9.79 Å². The van der Waals surface area contributed by atoms with Crippen LogP contribution in [0, 0.1) is 0 Å². The van der Waals surface area contributed by atoms with E-state index in [4.69, 9.17) is 9.79 Å². The third kappa shape index (κ3) is 6.21. The summed E-state index contributed by atoms with van der Waals surface area (Å²) in [7, 11) is -3.55. The van der Waals surface area contributed by atoms with E-state index in [1.807, 2.05) is 6.92 Å². The van der Waals surface area contributed by atoms with E-state index >= 15 is 0 Å². The minimum Gasteiger partial charge on any atom is -0.303 e. The van der Waals surface area contributed by atoms with Crippen LogP contribution in [-0.4, -0.2) is 25.8 Å². The average Bonchev–Trinajstić information content (AvgIpc) is 1.62. The summed E-state index contributed by atoms with van der Waals surface area (Å²) in [6.45, 7) is 1.83. The van der Waals surface area contributed by atoms with Crippen molar-refractivity contribution in [3.63, 3.8) is 0 Å². The highest BCUT2D eigenvalue weighted by molar-refractivity contribution is 7.46. The van der Waals surface area contributed by atoms with Crippen molar-refractivity contribution in [2.45, 2.75) is 19.1 Å². The number of hydrogen-bond donors (Lipinski definition) is 2. The van der Waals surface area contributed by atoms with Crippen LogP contribution >= 0.6 is 7.82 Å². The fourth-order valence-electron chi connectivity index (χ4n) is 0.309. The zero-order valence-corrected chi connectivity index (χ0v) is 8.34. The number of rotatable bonds is 3. The molecule has 0 rings (SSSR count). The summed E-state index contributed by atoms with van der Waals surface area (Å²) in [5.74, 6) is 0. The van der Waals surface area contributed by atoms with E-state index in [2.05, 4.69) is 4.52 Å². The lowest BCUT2D eigenvalue weighted by atomic mass is 10.5. The molecule has 0 aromatic carbocycles. The van der Waals surface area contributed by atoms with E-state index < -0.39 is 7.82 Å². The Morgan fingerprint density at radius 3 is 2.33 bits per heavy atom. The Morgan fingerprint density at radius 2 is 2.22 bits per heavy atom. The van der Waals surface area contributed by atoms with Gasteiger partial charge in [-0.1, -0.05) is 6.92 Å². The molecule has 0 spiro atoms. The second kappa shape index (κ2) is 3.48. The first-order valence-electron chi connectivity index (χ1n) is 2.69. The zero-order chi connectivity index (χ0) is 7.49. The second-order valence-electron chi connectivity index (χ2n) is 1.81. The highest BCUT2D eigenvalue weighted by Gasteiger charge is 2.16. The molecule has 0 aromatic heterocycles. The van der Waals surface area contributed by atoms with Crippen molar-refractivity contribution in [2.24, 2.45) is 0 Å². The maximum atomic E-state index is 10.1. The first-order valence-corrected chi connectivity index (χ1v) is 5.38. The number of phosphoric acid groups is 1. The third-order valence-electron chi connectivity index (χ3n) is 0.892. The van der Waals surface area contributed by atoms with Crippen LogP contribution in [0.3, 0.4) is 0 Å². The van der Waals surface area contributed by atoms with Gasteiger partial charge in [0.25, 0.3) is 0 Å². The van der Waals surface area contributed by atoms with Crippen molar-refractivity contribution in [3.05, 3.63) is 0 Å². The maximum absolute atomic E-state index is 10.1. The summed E-state index contributed by atoms with van der Waals surface area (Å²) in [5, 5.41) is 0.